The third-order valence-electron chi connectivity index (χ3n) is 4.36. The van der Waals surface area contributed by atoms with Crippen LogP contribution in [0.2, 0.25) is 5.02 Å². The first-order valence-corrected chi connectivity index (χ1v) is 9.72. The van der Waals surface area contributed by atoms with Crippen molar-refractivity contribution in [1.29, 1.82) is 0 Å². The first kappa shape index (κ1) is 19.3. The van der Waals surface area contributed by atoms with Crippen molar-refractivity contribution in [2.45, 2.75) is 32.1 Å². The van der Waals surface area contributed by atoms with Crippen LogP contribution in [0, 0.1) is 0 Å². The molecule has 0 unspecified atom stereocenters. The molecule has 1 heterocycles. The van der Waals surface area contributed by atoms with Crippen LogP contribution in [0.5, 0.6) is 0 Å². The van der Waals surface area contributed by atoms with Gasteiger partial charge in [-0.3, -0.25) is 4.99 Å². The Kier molecular flexibility index (Phi) is 5.98. The Morgan fingerprint density at radius 1 is 1.19 bits per heavy atom. The van der Waals surface area contributed by atoms with Crippen molar-refractivity contribution in [1.82, 2.24) is 5.32 Å². The van der Waals surface area contributed by atoms with E-state index in [1.807, 2.05) is 30.3 Å². The molecule has 0 saturated carbocycles. The Morgan fingerprint density at radius 2 is 2.00 bits per heavy atom. The highest BCUT2D eigenvalue weighted by molar-refractivity contribution is 9.10. The van der Waals surface area contributed by atoms with E-state index in [0.717, 1.165) is 47.0 Å². The van der Waals surface area contributed by atoms with Crippen LogP contribution in [0.15, 0.2) is 45.9 Å². The van der Waals surface area contributed by atoms with Gasteiger partial charge in [0.15, 0.2) is 0 Å². The smallest absolute Gasteiger partial charge is 0.249 e. The Morgan fingerprint density at radius 3 is 2.69 bits per heavy atom. The fourth-order valence-corrected chi connectivity index (χ4v) is 3.88. The fourth-order valence-electron chi connectivity index (χ4n) is 3.21. The minimum absolute atomic E-state index is 0.265. The zero-order chi connectivity index (χ0) is 18.7. The molecule has 138 valence electrons. The zero-order valence-electron chi connectivity index (χ0n) is 14.5. The molecule has 0 radical (unpaired) electrons. The molecule has 2 nitrogen and oxygen atoms in total. The summed E-state index contributed by atoms with van der Waals surface area (Å²) in [6.07, 6.45) is 1.03. The SMILES string of the molecule is CC(F)(F)Cc1ccc(Br)cc1CCc1c(Cl)cccc1C1=NCCN1. The average Bonchev–Trinajstić information content (AvgIpc) is 3.09. The molecule has 26 heavy (non-hydrogen) atoms. The lowest BCUT2D eigenvalue weighted by atomic mass is 9.94. The van der Waals surface area contributed by atoms with Crippen LogP contribution in [0.25, 0.3) is 0 Å². The molecule has 0 atom stereocenters. The molecule has 1 aliphatic heterocycles. The normalized spacial score (nSPS) is 14.3. The lowest BCUT2D eigenvalue weighted by Crippen LogP contribution is -2.21. The Balaban J connectivity index is 1.87. The van der Waals surface area contributed by atoms with E-state index in [-0.39, 0.29) is 6.42 Å². The lowest BCUT2D eigenvalue weighted by Gasteiger charge is -2.16. The van der Waals surface area contributed by atoms with Gasteiger partial charge in [-0.05, 0) is 54.7 Å². The number of nitrogens with zero attached hydrogens (tertiary/aromatic N) is 1. The van der Waals surface area contributed by atoms with Gasteiger partial charge in [-0.1, -0.05) is 45.7 Å². The number of amidine groups is 1. The van der Waals surface area contributed by atoms with Crippen LogP contribution in [-0.4, -0.2) is 24.8 Å². The molecule has 1 aliphatic rings. The standard InChI is InChI=1S/C20H20BrClF2N2/c1-20(23,24)12-14-5-7-15(21)11-13(14)6-8-16-17(3-2-4-18(16)22)19-25-9-10-26-19/h2-5,7,11H,6,8-10,12H2,1H3,(H,25,26). The van der Waals surface area contributed by atoms with Crippen molar-refractivity contribution in [3.05, 3.63) is 68.1 Å². The third kappa shape index (κ3) is 4.83. The summed E-state index contributed by atoms with van der Waals surface area (Å²) in [5.74, 6) is -1.88. The minimum atomic E-state index is -2.74. The molecule has 0 saturated heterocycles. The van der Waals surface area contributed by atoms with Crippen LogP contribution in [0.3, 0.4) is 0 Å². The number of aryl methyl sites for hydroxylation is 1. The van der Waals surface area contributed by atoms with Crippen molar-refractivity contribution in [3.63, 3.8) is 0 Å². The zero-order valence-corrected chi connectivity index (χ0v) is 16.8. The van der Waals surface area contributed by atoms with Gasteiger partial charge in [0.25, 0.3) is 0 Å². The van der Waals surface area contributed by atoms with Crippen LogP contribution in [0.4, 0.5) is 8.78 Å². The van der Waals surface area contributed by atoms with Gasteiger partial charge in [-0.2, -0.15) is 0 Å². The van der Waals surface area contributed by atoms with E-state index in [1.165, 1.54) is 0 Å². The average molecular weight is 442 g/mol. The third-order valence-corrected chi connectivity index (χ3v) is 5.21. The molecule has 0 aliphatic carbocycles. The van der Waals surface area contributed by atoms with E-state index in [1.54, 1.807) is 6.07 Å². The molecule has 0 bridgehead atoms. The predicted octanol–water partition coefficient (Wildman–Crippen LogP) is 5.44. The monoisotopic (exact) mass is 440 g/mol. The molecule has 2 aromatic rings. The van der Waals surface area contributed by atoms with Gasteiger partial charge in [-0.25, -0.2) is 8.78 Å². The van der Waals surface area contributed by atoms with E-state index in [4.69, 9.17) is 11.6 Å². The number of hydrogen-bond donors (Lipinski definition) is 1. The van der Waals surface area contributed by atoms with Crippen molar-refractivity contribution in [2.24, 2.45) is 4.99 Å². The molecule has 0 aromatic heterocycles. The highest BCUT2D eigenvalue weighted by Crippen LogP contribution is 2.27. The van der Waals surface area contributed by atoms with Gasteiger partial charge in [0.05, 0.1) is 6.54 Å². The number of benzene rings is 2. The van der Waals surface area contributed by atoms with Gasteiger partial charge in [0.2, 0.25) is 5.92 Å². The van der Waals surface area contributed by atoms with Gasteiger partial charge in [0, 0.05) is 28.0 Å². The predicted molar refractivity (Wildman–Crippen MR) is 107 cm³/mol. The first-order chi connectivity index (χ1) is 12.3. The van der Waals surface area contributed by atoms with Crippen molar-refractivity contribution in [2.75, 3.05) is 13.1 Å². The Hall–Kier alpha value is -1.46. The molecule has 6 heteroatoms. The van der Waals surface area contributed by atoms with E-state index >= 15 is 0 Å². The van der Waals surface area contributed by atoms with E-state index in [2.05, 4.69) is 26.2 Å². The summed E-state index contributed by atoms with van der Waals surface area (Å²) in [5.41, 5.74) is 3.57. The van der Waals surface area contributed by atoms with E-state index in [0.29, 0.717) is 23.4 Å². The van der Waals surface area contributed by atoms with E-state index < -0.39 is 5.92 Å². The molecule has 0 fully saturated rings. The number of hydrogen-bond acceptors (Lipinski definition) is 2. The van der Waals surface area contributed by atoms with Crippen molar-refractivity contribution >= 4 is 33.4 Å². The number of nitrogens with one attached hydrogen (secondary N) is 1. The van der Waals surface area contributed by atoms with Gasteiger partial charge in [-0.15, -0.1) is 0 Å². The molecule has 3 rings (SSSR count). The number of halogens is 4. The van der Waals surface area contributed by atoms with Crippen LogP contribution >= 0.6 is 27.5 Å². The summed E-state index contributed by atoms with van der Waals surface area (Å²) in [6.45, 7) is 2.53. The van der Waals surface area contributed by atoms with Crippen molar-refractivity contribution in [3.8, 4) is 0 Å². The van der Waals surface area contributed by atoms with Crippen molar-refractivity contribution < 1.29 is 8.78 Å². The summed E-state index contributed by atoms with van der Waals surface area (Å²) in [6, 6.07) is 11.3. The summed E-state index contributed by atoms with van der Waals surface area (Å²) in [7, 11) is 0. The quantitative estimate of drug-likeness (QED) is 0.634. The molecule has 0 spiro atoms. The maximum Gasteiger partial charge on any atom is 0.249 e. The second kappa shape index (κ2) is 8.05. The number of alkyl halides is 2. The Labute approximate surface area is 165 Å². The summed E-state index contributed by atoms with van der Waals surface area (Å²) in [5, 5.41) is 3.95. The highest BCUT2D eigenvalue weighted by Gasteiger charge is 2.23. The number of rotatable bonds is 6. The first-order valence-electron chi connectivity index (χ1n) is 8.55. The second-order valence-corrected chi connectivity index (χ2v) is 7.91. The maximum atomic E-state index is 13.5. The second-order valence-electron chi connectivity index (χ2n) is 6.58. The van der Waals surface area contributed by atoms with Gasteiger partial charge in [0.1, 0.15) is 5.84 Å². The summed E-state index contributed by atoms with van der Waals surface area (Å²) >= 11 is 9.88. The van der Waals surface area contributed by atoms with Crippen LogP contribution in [-0.2, 0) is 19.3 Å². The largest absolute Gasteiger partial charge is 0.368 e. The van der Waals surface area contributed by atoms with Crippen LogP contribution < -0.4 is 5.32 Å². The summed E-state index contributed by atoms with van der Waals surface area (Å²) in [4.78, 5) is 4.48. The van der Waals surface area contributed by atoms with Crippen LogP contribution in [0.1, 0.15) is 29.2 Å². The maximum absolute atomic E-state index is 13.5. The topological polar surface area (TPSA) is 24.4 Å². The minimum Gasteiger partial charge on any atom is -0.368 e. The van der Waals surface area contributed by atoms with Gasteiger partial charge >= 0.3 is 0 Å². The Bertz CT molecular complexity index is 831. The molecular weight excluding hydrogens is 422 g/mol. The lowest BCUT2D eigenvalue weighted by molar-refractivity contribution is 0.0224. The fraction of sp³-hybridized carbons (Fsp3) is 0.350. The summed E-state index contributed by atoms with van der Waals surface area (Å²) < 4.78 is 27.9. The molecule has 1 N–H and O–H groups in total. The van der Waals surface area contributed by atoms with Gasteiger partial charge < -0.3 is 5.32 Å². The molecular formula is C20H20BrClF2N2. The molecule has 0 amide bonds. The number of aliphatic imine (C=N–C) groups is 1. The van der Waals surface area contributed by atoms with E-state index in [9.17, 15) is 8.78 Å². The molecule has 2 aromatic carbocycles. The highest BCUT2D eigenvalue weighted by atomic mass is 79.9.